The molecule has 3 heterocycles. The lowest BCUT2D eigenvalue weighted by molar-refractivity contribution is 0.0466. The summed E-state index contributed by atoms with van der Waals surface area (Å²) in [6, 6.07) is 14.3. The van der Waals surface area contributed by atoms with Gasteiger partial charge in [-0.3, -0.25) is 9.20 Å². The van der Waals surface area contributed by atoms with E-state index in [1.54, 1.807) is 19.2 Å². The molecule has 0 amide bonds. The van der Waals surface area contributed by atoms with Crippen LogP contribution in [0.4, 0.5) is 0 Å². The van der Waals surface area contributed by atoms with Crippen molar-refractivity contribution in [3.05, 3.63) is 87.7 Å². The van der Waals surface area contributed by atoms with Crippen LogP contribution < -0.4 is 5.56 Å². The first-order valence-corrected chi connectivity index (χ1v) is 8.71. The quantitative estimate of drug-likeness (QED) is 0.509. The first kappa shape index (κ1) is 17.7. The third-order valence-electron chi connectivity index (χ3n) is 4.40. The van der Waals surface area contributed by atoms with Crippen LogP contribution in [0.1, 0.15) is 27.4 Å². The summed E-state index contributed by atoms with van der Waals surface area (Å²) in [4.78, 5) is 29.4. The lowest BCUT2D eigenvalue weighted by Gasteiger charge is -2.07. The van der Waals surface area contributed by atoms with Gasteiger partial charge in [-0.1, -0.05) is 41.6 Å². The standard InChI is InChI=1S/C21H17N3O4/c1-13-7-6-10-24-17(25)11-16(22-20(13)24)12-27-21(26)18-14(2)28-23-19(18)15-8-4-3-5-9-15/h3-11H,12H2,1-2H3. The van der Waals surface area contributed by atoms with E-state index in [0.717, 1.165) is 11.1 Å². The Bertz CT molecular complexity index is 1230. The number of fused-ring (bicyclic) bond motifs is 1. The van der Waals surface area contributed by atoms with Gasteiger partial charge in [-0.15, -0.1) is 0 Å². The van der Waals surface area contributed by atoms with E-state index in [4.69, 9.17) is 9.26 Å². The van der Waals surface area contributed by atoms with Crippen LogP contribution in [-0.4, -0.2) is 20.5 Å². The van der Waals surface area contributed by atoms with Crippen molar-refractivity contribution in [3.63, 3.8) is 0 Å². The van der Waals surface area contributed by atoms with Gasteiger partial charge in [-0.2, -0.15) is 0 Å². The van der Waals surface area contributed by atoms with Crippen molar-refractivity contribution in [1.29, 1.82) is 0 Å². The highest BCUT2D eigenvalue weighted by Gasteiger charge is 2.23. The number of pyridine rings is 1. The number of ether oxygens (including phenoxy) is 1. The number of carbonyl (C=O) groups excluding carboxylic acids is 1. The molecule has 7 heteroatoms. The topological polar surface area (TPSA) is 86.7 Å². The van der Waals surface area contributed by atoms with Crippen molar-refractivity contribution in [2.24, 2.45) is 0 Å². The molecule has 0 fully saturated rings. The number of rotatable bonds is 4. The Balaban J connectivity index is 1.61. The molecule has 0 atom stereocenters. The summed E-state index contributed by atoms with van der Waals surface area (Å²) in [5.74, 6) is -0.212. The van der Waals surface area contributed by atoms with Gasteiger partial charge in [0.25, 0.3) is 5.56 Å². The fourth-order valence-electron chi connectivity index (χ4n) is 3.00. The van der Waals surface area contributed by atoms with Gasteiger partial charge in [0.05, 0.1) is 5.69 Å². The van der Waals surface area contributed by atoms with Crippen LogP contribution in [0.2, 0.25) is 0 Å². The van der Waals surface area contributed by atoms with Gasteiger partial charge in [0, 0.05) is 17.8 Å². The number of aryl methyl sites for hydroxylation is 2. The number of benzene rings is 1. The second-order valence-electron chi connectivity index (χ2n) is 6.38. The Labute approximate surface area is 160 Å². The Morgan fingerprint density at radius 1 is 1.14 bits per heavy atom. The number of hydrogen-bond acceptors (Lipinski definition) is 6. The third-order valence-corrected chi connectivity index (χ3v) is 4.40. The maximum absolute atomic E-state index is 12.7. The first-order chi connectivity index (χ1) is 13.5. The molecule has 140 valence electrons. The van der Waals surface area contributed by atoms with Crippen LogP contribution in [0.3, 0.4) is 0 Å². The summed E-state index contributed by atoms with van der Waals surface area (Å²) in [6.45, 7) is 3.39. The van der Waals surface area contributed by atoms with Crippen LogP contribution >= 0.6 is 0 Å². The predicted molar refractivity (Wildman–Crippen MR) is 102 cm³/mol. The fourth-order valence-corrected chi connectivity index (χ4v) is 3.00. The highest BCUT2D eigenvalue weighted by atomic mass is 16.5. The zero-order valence-electron chi connectivity index (χ0n) is 15.4. The monoisotopic (exact) mass is 375 g/mol. The normalized spacial score (nSPS) is 10.9. The number of nitrogens with zero attached hydrogens (tertiary/aromatic N) is 3. The maximum atomic E-state index is 12.7. The van der Waals surface area contributed by atoms with Gasteiger partial charge in [0.15, 0.2) is 0 Å². The van der Waals surface area contributed by atoms with Crippen LogP contribution in [-0.2, 0) is 11.3 Å². The molecule has 1 aromatic carbocycles. The maximum Gasteiger partial charge on any atom is 0.344 e. The average Bonchev–Trinajstić information content (AvgIpc) is 3.09. The minimum atomic E-state index is -0.579. The van der Waals surface area contributed by atoms with Gasteiger partial charge >= 0.3 is 5.97 Å². The molecule has 0 spiro atoms. The minimum Gasteiger partial charge on any atom is -0.455 e. The molecule has 0 aliphatic heterocycles. The molecule has 0 N–H and O–H groups in total. The van der Waals surface area contributed by atoms with Crippen molar-refractivity contribution in [1.82, 2.24) is 14.5 Å². The van der Waals surface area contributed by atoms with Gasteiger partial charge in [-0.25, -0.2) is 9.78 Å². The lowest BCUT2D eigenvalue weighted by atomic mass is 10.1. The number of hydrogen-bond donors (Lipinski definition) is 0. The largest absolute Gasteiger partial charge is 0.455 e. The van der Waals surface area contributed by atoms with Crippen LogP contribution in [0.15, 0.2) is 64.0 Å². The van der Waals surface area contributed by atoms with E-state index >= 15 is 0 Å². The Hall–Kier alpha value is -3.74. The van der Waals surface area contributed by atoms with Crippen LogP contribution in [0.25, 0.3) is 16.9 Å². The lowest BCUT2D eigenvalue weighted by Crippen LogP contribution is -2.17. The van der Waals surface area contributed by atoms with Gasteiger partial charge in [0.2, 0.25) is 0 Å². The van der Waals surface area contributed by atoms with Gasteiger partial charge in [0.1, 0.15) is 29.3 Å². The van der Waals surface area contributed by atoms with Crippen molar-refractivity contribution < 1.29 is 14.1 Å². The molecule has 28 heavy (non-hydrogen) atoms. The summed E-state index contributed by atoms with van der Waals surface area (Å²) in [5, 5.41) is 3.98. The third kappa shape index (κ3) is 3.18. The molecule has 0 aliphatic carbocycles. The molecule has 7 nitrogen and oxygen atoms in total. The average molecular weight is 375 g/mol. The molecule has 0 aliphatic rings. The molecule has 0 saturated heterocycles. The van der Waals surface area contributed by atoms with Crippen molar-refractivity contribution in [2.75, 3.05) is 0 Å². The van der Waals surface area contributed by atoms with Gasteiger partial charge < -0.3 is 9.26 Å². The number of carbonyl (C=O) groups is 1. The summed E-state index contributed by atoms with van der Waals surface area (Å²) < 4.78 is 12.1. The molecule has 0 bridgehead atoms. The molecular weight excluding hydrogens is 358 g/mol. The molecule has 0 radical (unpaired) electrons. The zero-order valence-corrected chi connectivity index (χ0v) is 15.4. The van der Waals surface area contributed by atoms with Crippen molar-refractivity contribution in [3.8, 4) is 11.3 Å². The van der Waals surface area contributed by atoms with E-state index < -0.39 is 5.97 Å². The highest BCUT2D eigenvalue weighted by molar-refractivity contribution is 5.97. The van der Waals surface area contributed by atoms with E-state index in [2.05, 4.69) is 10.1 Å². The zero-order chi connectivity index (χ0) is 19.7. The second kappa shape index (κ2) is 7.11. The number of esters is 1. The van der Waals surface area contributed by atoms with Crippen LogP contribution in [0, 0.1) is 13.8 Å². The van der Waals surface area contributed by atoms with E-state index in [0.29, 0.717) is 22.8 Å². The Morgan fingerprint density at radius 2 is 1.93 bits per heavy atom. The molecule has 3 aromatic heterocycles. The van der Waals surface area contributed by atoms with E-state index in [1.165, 1.54) is 10.5 Å². The smallest absolute Gasteiger partial charge is 0.344 e. The van der Waals surface area contributed by atoms with E-state index in [1.807, 2.05) is 43.3 Å². The van der Waals surface area contributed by atoms with Crippen molar-refractivity contribution >= 4 is 11.6 Å². The molecule has 4 rings (SSSR count). The van der Waals surface area contributed by atoms with E-state index in [-0.39, 0.29) is 17.7 Å². The highest BCUT2D eigenvalue weighted by Crippen LogP contribution is 2.25. The summed E-state index contributed by atoms with van der Waals surface area (Å²) in [6.07, 6.45) is 1.65. The fraction of sp³-hybridized carbons (Fsp3) is 0.143. The Kier molecular flexibility index (Phi) is 4.49. The molecule has 0 saturated carbocycles. The summed E-state index contributed by atoms with van der Waals surface area (Å²) >= 11 is 0. The Morgan fingerprint density at radius 3 is 2.71 bits per heavy atom. The van der Waals surface area contributed by atoms with E-state index in [9.17, 15) is 9.59 Å². The molecule has 4 aromatic rings. The summed E-state index contributed by atoms with van der Waals surface area (Å²) in [5.41, 5.74) is 2.98. The number of aromatic nitrogens is 3. The van der Waals surface area contributed by atoms with Gasteiger partial charge in [-0.05, 0) is 25.5 Å². The van der Waals surface area contributed by atoms with Crippen molar-refractivity contribution in [2.45, 2.75) is 20.5 Å². The summed E-state index contributed by atoms with van der Waals surface area (Å²) in [7, 11) is 0. The molecular formula is C21H17N3O4. The predicted octanol–water partition coefficient (Wildman–Crippen LogP) is 3.32. The SMILES string of the molecule is Cc1onc(-c2ccccc2)c1C(=O)OCc1cc(=O)n2cccc(C)c2n1. The molecule has 0 unspecified atom stereocenters. The second-order valence-corrected chi connectivity index (χ2v) is 6.38. The minimum absolute atomic E-state index is 0.127. The first-order valence-electron chi connectivity index (χ1n) is 8.71. The van der Waals surface area contributed by atoms with Crippen LogP contribution in [0.5, 0.6) is 0 Å².